The third kappa shape index (κ3) is 6.57. The number of rotatable bonds is 5. The molecule has 0 saturated carbocycles. The number of carbonyl (C=O) groups excluding carboxylic acids is 1. The van der Waals surface area contributed by atoms with Gasteiger partial charge in [-0.15, -0.1) is 0 Å². The third-order valence-electron chi connectivity index (χ3n) is 4.48. The number of carbonyl (C=O) groups is 2. The lowest BCUT2D eigenvalue weighted by Crippen LogP contribution is -2.44. The Kier molecular flexibility index (Phi) is 8.81. The first-order chi connectivity index (χ1) is 15.2. The van der Waals surface area contributed by atoms with Crippen molar-refractivity contribution in [3.05, 3.63) is 42.4 Å². The van der Waals surface area contributed by atoms with Crippen LogP contribution in [0.25, 0.3) is 0 Å². The molecule has 1 aliphatic heterocycles. The van der Waals surface area contributed by atoms with Gasteiger partial charge in [-0.3, -0.25) is 4.79 Å². The zero-order valence-corrected chi connectivity index (χ0v) is 17.5. The minimum atomic E-state index is -5.08. The molecule has 2 aromatic rings. The number of hydrogen-bond acceptors (Lipinski definition) is 8. The van der Waals surface area contributed by atoms with Crippen LogP contribution in [0.5, 0.6) is 0 Å². The minimum Gasteiger partial charge on any atom is -0.475 e. The highest BCUT2D eigenvalue weighted by molar-refractivity contribution is 5.92. The summed E-state index contributed by atoms with van der Waals surface area (Å²) in [5.74, 6) is -1.47. The van der Waals surface area contributed by atoms with Crippen molar-refractivity contribution in [2.75, 3.05) is 37.7 Å². The van der Waals surface area contributed by atoms with Crippen LogP contribution in [0, 0.1) is 0 Å². The van der Waals surface area contributed by atoms with Crippen LogP contribution >= 0.6 is 0 Å². The molecule has 3 heterocycles. The predicted molar refractivity (Wildman–Crippen MR) is 106 cm³/mol. The van der Waals surface area contributed by atoms with E-state index in [2.05, 4.69) is 38.7 Å². The number of carboxylic acid groups (broad SMARTS) is 1. The average molecular weight is 456 g/mol. The number of amides is 1. The molecule has 1 N–H and O–H groups in total. The van der Waals surface area contributed by atoms with Crippen LogP contribution in [-0.4, -0.2) is 80.8 Å². The molecular weight excluding hydrogens is 433 g/mol. The van der Waals surface area contributed by atoms with Gasteiger partial charge in [0.25, 0.3) is 5.91 Å². The number of halogens is 3. The molecule has 1 atom stereocenters. The summed E-state index contributed by atoms with van der Waals surface area (Å²) in [7, 11) is 0. The van der Waals surface area contributed by atoms with Gasteiger partial charge in [0.05, 0.1) is 13.2 Å². The van der Waals surface area contributed by atoms with Gasteiger partial charge in [-0.05, 0) is 26.0 Å². The van der Waals surface area contributed by atoms with E-state index < -0.39 is 12.1 Å². The molecule has 2 aromatic heterocycles. The highest BCUT2D eigenvalue weighted by Crippen LogP contribution is 2.24. The lowest BCUT2D eigenvalue weighted by molar-refractivity contribution is -0.192. The maximum Gasteiger partial charge on any atom is 0.490 e. The summed E-state index contributed by atoms with van der Waals surface area (Å²) < 4.78 is 37.3. The summed E-state index contributed by atoms with van der Waals surface area (Å²) in [6.07, 6.45) is -0.411. The second kappa shape index (κ2) is 11.3. The second-order valence-electron chi connectivity index (χ2n) is 6.43. The second-order valence-corrected chi connectivity index (χ2v) is 6.43. The fraction of sp³-hybridized carbons (Fsp3) is 0.474. The first-order valence-electron chi connectivity index (χ1n) is 9.71. The summed E-state index contributed by atoms with van der Waals surface area (Å²) >= 11 is 0. The Hall–Kier alpha value is -3.35. The topological polar surface area (TPSA) is 122 Å². The zero-order chi connectivity index (χ0) is 23.7. The van der Waals surface area contributed by atoms with Crippen molar-refractivity contribution in [1.82, 2.24) is 24.8 Å². The van der Waals surface area contributed by atoms with Gasteiger partial charge in [0.2, 0.25) is 0 Å². The van der Waals surface area contributed by atoms with Gasteiger partial charge in [-0.1, -0.05) is 0 Å². The van der Waals surface area contributed by atoms with E-state index >= 15 is 0 Å². The number of ether oxygens (including phenoxy) is 1. The number of aliphatic carboxylic acids is 1. The van der Waals surface area contributed by atoms with E-state index in [1.165, 1.54) is 6.33 Å². The standard InChI is InChI=1S/C17H22N6O2.C2HF3O2/c1-3-22(4-2)15-6-8-19-16(21-15)14-11-25-10-9-23(14)17(24)13-5-7-18-12-20-13;3-2(4,5)1(6)7/h5-8,12,14H,3-4,9-11H2,1-2H3;(H,6,7). The number of morpholine rings is 1. The largest absolute Gasteiger partial charge is 0.490 e. The Bertz CT molecular complexity index is 896. The van der Waals surface area contributed by atoms with Crippen molar-refractivity contribution in [3.8, 4) is 0 Å². The quantitative estimate of drug-likeness (QED) is 0.719. The van der Waals surface area contributed by atoms with Crippen molar-refractivity contribution < 1.29 is 32.6 Å². The smallest absolute Gasteiger partial charge is 0.475 e. The van der Waals surface area contributed by atoms with Gasteiger partial charge < -0.3 is 19.6 Å². The third-order valence-corrected chi connectivity index (χ3v) is 4.48. The van der Waals surface area contributed by atoms with E-state index in [9.17, 15) is 18.0 Å². The van der Waals surface area contributed by atoms with Crippen LogP contribution in [0.4, 0.5) is 19.0 Å². The van der Waals surface area contributed by atoms with E-state index in [-0.39, 0.29) is 11.9 Å². The van der Waals surface area contributed by atoms with Crippen molar-refractivity contribution in [3.63, 3.8) is 0 Å². The molecular formula is C19H23F3N6O4. The lowest BCUT2D eigenvalue weighted by atomic mass is 10.2. The molecule has 1 aliphatic rings. The van der Waals surface area contributed by atoms with Crippen LogP contribution in [0.15, 0.2) is 30.9 Å². The summed E-state index contributed by atoms with van der Waals surface area (Å²) in [6.45, 7) is 7.23. The average Bonchev–Trinajstić information content (AvgIpc) is 2.80. The number of aromatic nitrogens is 4. The normalized spacial score (nSPS) is 16.0. The maximum atomic E-state index is 12.8. The van der Waals surface area contributed by atoms with Gasteiger partial charge in [0.15, 0.2) is 5.82 Å². The number of alkyl halides is 3. The van der Waals surface area contributed by atoms with E-state index in [0.29, 0.717) is 31.3 Å². The molecule has 3 rings (SSSR count). The molecule has 13 heteroatoms. The molecule has 0 aromatic carbocycles. The molecule has 0 aliphatic carbocycles. The highest BCUT2D eigenvalue weighted by Gasteiger charge is 2.38. The molecule has 32 heavy (non-hydrogen) atoms. The molecule has 174 valence electrons. The number of carboxylic acids is 1. The zero-order valence-electron chi connectivity index (χ0n) is 17.5. The Labute approximate surface area is 182 Å². The molecule has 0 spiro atoms. The highest BCUT2D eigenvalue weighted by atomic mass is 19.4. The van der Waals surface area contributed by atoms with Gasteiger partial charge >= 0.3 is 12.1 Å². The van der Waals surface area contributed by atoms with Gasteiger partial charge in [-0.2, -0.15) is 13.2 Å². The Morgan fingerprint density at radius 2 is 1.91 bits per heavy atom. The van der Waals surface area contributed by atoms with Crippen LogP contribution in [0.3, 0.4) is 0 Å². The van der Waals surface area contributed by atoms with E-state index in [4.69, 9.17) is 14.6 Å². The van der Waals surface area contributed by atoms with E-state index in [1.54, 1.807) is 23.4 Å². The van der Waals surface area contributed by atoms with Crippen LogP contribution in [0.1, 0.15) is 36.2 Å². The fourth-order valence-corrected chi connectivity index (χ4v) is 2.87. The lowest BCUT2D eigenvalue weighted by Gasteiger charge is -2.34. The minimum absolute atomic E-state index is 0.160. The van der Waals surface area contributed by atoms with E-state index in [1.807, 2.05) is 6.07 Å². The fourth-order valence-electron chi connectivity index (χ4n) is 2.87. The molecule has 1 amide bonds. The predicted octanol–water partition coefficient (Wildman–Crippen LogP) is 1.96. The molecule has 0 radical (unpaired) electrons. The number of anilines is 1. The Morgan fingerprint density at radius 1 is 1.22 bits per heavy atom. The Morgan fingerprint density at radius 3 is 2.47 bits per heavy atom. The van der Waals surface area contributed by atoms with Crippen molar-refractivity contribution in [2.45, 2.75) is 26.1 Å². The van der Waals surface area contributed by atoms with E-state index in [0.717, 1.165) is 18.9 Å². The monoisotopic (exact) mass is 456 g/mol. The van der Waals surface area contributed by atoms with Crippen LogP contribution < -0.4 is 4.90 Å². The van der Waals surface area contributed by atoms with Crippen molar-refractivity contribution in [1.29, 1.82) is 0 Å². The van der Waals surface area contributed by atoms with Crippen LogP contribution in [0.2, 0.25) is 0 Å². The van der Waals surface area contributed by atoms with Gasteiger partial charge in [0.1, 0.15) is 23.9 Å². The summed E-state index contributed by atoms with van der Waals surface area (Å²) in [5.41, 5.74) is 0.363. The maximum absolute atomic E-state index is 12.8. The van der Waals surface area contributed by atoms with Crippen LogP contribution in [-0.2, 0) is 9.53 Å². The molecule has 10 nitrogen and oxygen atoms in total. The first-order valence-corrected chi connectivity index (χ1v) is 9.71. The number of nitrogens with zero attached hydrogens (tertiary/aromatic N) is 6. The summed E-state index contributed by atoms with van der Waals surface area (Å²) in [5, 5.41) is 7.12. The Balaban J connectivity index is 0.000000451. The molecule has 0 bridgehead atoms. The summed E-state index contributed by atoms with van der Waals surface area (Å²) in [6, 6.07) is 3.17. The first kappa shape index (κ1) is 24.9. The van der Waals surface area contributed by atoms with Crippen molar-refractivity contribution in [2.24, 2.45) is 0 Å². The van der Waals surface area contributed by atoms with Crippen molar-refractivity contribution >= 4 is 17.7 Å². The number of hydrogen-bond donors (Lipinski definition) is 1. The van der Waals surface area contributed by atoms with Gasteiger partial charge in [-0.25, -0.2) is 24.7 Å². The molecule has 1 unspecified atom stereocenters. The molecule has 1 saturated heterocycles. The SMILES string of the molecule is CCN(CC)c1ccnc(C2COCCN2C(=O)c2ccncn2)n1.O=C(O)C(F)(F)F. The summed E-state index contributed by atoms with van der Waals surface area (Å²) in [4.78, 5) is 42.6. The van der Waals surface area contributed by atoms with Gasteiger partial charge in [0, 0.05) is 32.0 Å². The molecule has 1 fully saturated rings.